The van der Waals surface area contributed by atoms with Gasteiger partial charge < -0.3 is 15.5 Å². The summed E-state index contributed by atoms with van der Waals surface area (Å²) in [7, 11) is 4.04. The van der Waals surface area contributed by atoms with Gasteiger partial charge in [-0.25, -0.2) is 4.98 Å². The molecule has 2 rings (SSSR count). The van der Waals surface area contributed by atoms with E-state index in [2.05, 4.69) is 39.6 Å². The number of hydrogen-bond donors (Lipinski definition) is 2. The largest absolute Gasteiger partial charge is 0.364 e. The molecule has 1 atom stereocenters. The molecule has 0 aliphatic carbocycles. The fourth-order valence-electron chi connectivity index (χ4n) is 2.36. The number of carbonyl (C=O) groups excluding carboxylic acids is 1. The second-order valence-corrected chi connectivity index (χ2v) is 6.12. The summed E-state index contributed by atoms with van der Waals surface area (Å²) in [5.74, 6) is 0.680. The van der Waals surface area contributed by atoms with Crippen LogP contribution in [0.4, 0.5) is 5.82 Å². The van der Waals surface area contributed by atoms with E-state index >= 15 is 0 Å². The van der Waals surface area contributed by atoms with Crippen LogP contribution in [0.1, 0.15) is 35.3 Å². The van der Waals surface area contributed by atoms with E-state index in [1.165, 1.54) is 5.56 Å². The number of nitrogens with zero attached hydrogens (tertiary/aromatic N) is 2. The minimum Gasteiger partial charge on any atom is -0.364 e. The molecule has 0 radical (unpaired) electrons. The topological polar surface area (TPSA) is 57.3 Å². The highest BCUT2D eigenvalue weighted by Gasteiger charge is 2.08. The van der Waals surface area contributed by atoms with Crippen molar-refractivity contribution in [2.24, 2.45) is 0 Å². The first-order valence-corrected chi connectivity index (χ1v) is 8.26. The molecule has 2 N–H and O–H groups in total. The lowest BCUT2D eigenvalue weighted by molar-refractivity contribution is 0.0952. The zero-order valence-corrected chi connectivity index (χ0v) is 14.6. The van der Waals surface area contributed by atoms with Gasteiger partial charge in [-0.15, -0.1) is 0 Å². The van der Waals surface area contributed by atoms with Crippen LogP contribution in [0, 0.1) is 0 Å². The molecule has 1 amide bonds. The number of anilines is 1. The van der Waals surface area contributed by atoms with Gasteiger partial charge in [0, 0.05) is 18.8 Å². The van der Waals surface area contributed by atoms with Crippen molar-refractivity contribution in [1.29, 1.82) is 0 Å². The Kier molecular flexibility index (Phi) is 6.75. The first kappa shape index (κ1) is 17.9. The monoisotopic (exact) mass is 326 g/mol. The molecule has 5 heteroatoms. The van der Waals surface area contributed by atoms with E-state index in [0.717, 1.165) is 18.8 Å². The first-order chi connectivity index (χ1) is 11.6. The van der Waals surface area contributed by atoms with Gasteiger partial charge >= 0.3 is 0 Å². The SMILES string of the molecule is CC(Nc1ccc(C(=O)NCCCN(C)C)cn1)c1ccccc1. The van der Waals surface area contributed by atoms with E-state index < -0.39 is 0 Å². The normalized spacial score (nSPS) is 12.0. The maximum Gasteiger partial charge on any atom is 0.252 e. The summed E-state index contributed by atoms with van der Waals surface area (Å²) < 4.78 is 0. The molecule has 0 saturated carbocycles. The number of nitrogens with one attached hydrogen (secondary N) is 2. The zero-order valence-electron chi connectivity index (χ0n) is 14.6. The van der Waals surface area contributed by atoms with Crippen molar-refractivity contribution in [2.75, 3.05) is 32.5 Å². The molecule has 0 aliphatic heterocycles. The van der Waals surface area contributed by atoms with Gasteiger partial charge in [0.2, 0.25) is 0 Å². The third kappa shape index (κ3) is 5.66. The number of benzene rings is 1. The predicted molar refractivity (Wildman–Crippen MR) is 98.2 cm³/mol. The molecule has 0 spiro atoms. The molecule has 2 aromatic rings. The van der Waals surface area contributed by atoms with E-state index in [9.17, 15) is 4.79 Å². The summed E-state index contributed by atoms with van der Waals surface area (Å²) in [5.41, 5.74) is 1.78. The average molecular weight is 326 g/mol. The molecule has 0 bridgehead atoms. The second-order valence-electron chi connectivity index (χ2n) is 6.12. The quantitative estimate of drug-likeness (QED) is 0.732. The number of amides is 1. The highest BCUT2D eigenvalue weighted by atomic mass is 16.1. The van der Waals surface area contributed by atoms with Crippen molar-refractivity contribution >= 4 is 11.7 Å². The van der Waals surface area contributed by atoms with E-state index in [1.807, 2.05) is 38.4 Å². The Morgan fingerprint density at radius 3 is 2.54 bits per heavy atom. The first-order valence-electron chi connectivity index (χ1n) is 8.26. The number of aromatic nitrogens is 1. The maximum absolute atomic E-state index is 12.1. The zero-order chi connectivity index (χ0) is 17.4. The van der Waals surface area contributed by atoms with Gasteiger partial charge in [0.15, 0.2) is 0 Å². The molecule has 0 aliphatic rings. The molecule has 1 unspecified atom stereocenters. The van der Waals surface area contributed by atoms with E-state index in [-0.39, 0.29) is 11.9 Å². The molecule has 24 heavy (non-hydrogen) atoms. The summed E-state index contributed by atoms with van der Waals surface area (Å²) in [6, 6.07) is 14.0. The molecule has 0 saturated heterocycles. The van der Waals surface area contributed by atoms with Crippen LogP contribution in [-0.4, -0.2) is 43.0 Å². The van der Waals surface area contributed by atoms with E-state index in [1.54, 1.807) is 12.3 Å². The fraction of sp³-hybridized carbons (Fsp3) is 0.368. The van der Waals surface area contributed by atoms with Crippen molar-refractivity contribution in [2.45, 2.75) is 19.4 Å². The van der Waals surface area contributed by atoms with Crippen LogP contribution < -0.4 is 10.6 Å². The summed E-state index contributed by atoms with van der Waals surface area (Å²) in [6.07, 6.45) is 2.54. The van der Waals surface area contributed by atoms with Crippen LogP contribution in [0.2, 0.25) is 0 Å². The van der Waals surface area contributed by atoms with Crippen molar-refractivity contribution in [3.05, 3.63) is 59.8 Å². The van der Waals surface area contributed by atoms with Gasteiger partial charge in [-0.3, -0.25) is 4.79 Å². The Bertz CT molecular complexity index is 626. The Morgan fingerprint density at radius 2 is 1.92 bits per heavy atom. The van der Waals surface area contributed by atoms with Crippen LogP contribution in [0.15, 0.2) is 48.7 Å². The van der Waals surface area contributed by atoms with Gasteiger partial charge in [-0.1, -0.05) is 30.3 Å². The molecule has 128 valence electrons. The standard InChI is InChI=1S/C19H26N4O/c1-15(16-8-5-4-6-9-16)22-18-11-10-17(14-21-18)19(24)20-12-7-13-23(2)3/h4-6,8-11,14-15H,7,12-13H2,1-3H3,(H,20,24)(H,21,22). The van der Waals surface area contributed by atoms with Crippen molar-refractivity contribution in [3.8, 4) is 0 Å². The lowest BCUT2D eigenvalue weighted by Gasteiger charge is -2.15. The summed E-state index contributed by atoms with van der Waals surface area (Å²) in [6.45, 7) is 3.71. The number of rotatable bonds is 8. The van der Waals surface area contributed by atoms with Gasteiger partial charge in [-0.05, 0) is 51.7 Å². The van der Waals surface area contributed by atoms with Crippen LogP contribution in [0.5, 0.6) is 0 Å². The van der Waals surface area contributed by atoms with Gasteiger partial charge in [0.25, 0.3) is 5.91 Å². The van der Waals surface area contributed by atoms with E-state index in [4.69, 9.17) is 0 Å². The number of carbonyl (C=O) groups is 1. The van der Waals surface area contributed by atoms with Crippen LogP contribution in [0.3, 0.4) is 0 Å². The number of hydrogen-bond acceptors (Lipinski definition) is 4. The smallest absolute Gasteiger partial charge is 0.252 e. The van der Waals surface area contributed by atoms with Gasteiger partial charge in [-0.2, -0.15) is 0 Å². The molecule has 1 aromatic carbocycles. The average Bonchev–Trinajstić information content (AvgIpc) is 2.59. The van der Waals surface area contributed by atoms with Crippen LogP contribution in [-0.2, 0) is 0 Å². The summed E-state index contributed by atoms with van der Waals surface area (Å²) in [4.78, 5) is 18.5. The van der Waals surface area contributed by atoms with E-state index in [0.29, 0.717) is 12.1 Å². The molecular weight excluding hydrogens is 300 g/mol. The Hall–Kier alpha value is -2.40. The predicted octanol–water partition coefficient (Wildman–Crippen LogP) is 2.94. The van der Waals surface area contributed by atoms with Crippen molar-refractivity contribution in [3.63, 3.8) is 0 Å². The fourth-order valence-corrected chi connectivity index (χ4v) is 2.36. The Labute approximate surface area is 144 Å². The minimum atomic E-state index is -0.0797. The highest BCUT2D eigenvalue weighted by Crippen LogP contribution is 2.17. The molecule has 5 nitrogen and oxygen atoms in total. The lowest BCUT2D eigenvalue weighted by atomic mass is 10.1. The summed E-state index contributed by atoms with van der Waals surface area (Å²) >= 11 is 0. The molecule has 0 fully saturated rings. The van der Waals surface area contributed by atoms with Crippen molar-refractivity contribution in [1.82, 2.24) is 15.2 Å². The molecule has 1 aromatic heterocycles. The summed E-state index contributed by atoms with van der Waals surface area (Å²) in [5, 5.41) is 6.26. The van der Waals surface area contributed by atoms with Crippen LogP contribution in [0.25, 0.3) is 0 Å². The number of pyridine rings is 1. The lowest BCUT2D eigenvalue weighted by Crippen LogP contribution is -2.27. The second kappa shape index (κ2) is 9.03. The van der Waals surface area contributed by atoms with Gasteiger partial charge in [0.1, 0.15) is 5.82 Å². The van der Waals surface area contributed by atoms with Crippen LogP contribution >= 0.6 is 0 Å². The minimum absolute atomic E-state index is 0.0797. The van der Waals surface area contributed by atoms with Crippen molar-refractivity contribution < 1.29 is 4.79 Å². The highest BCUT2D eigenvalue weighted by molar-refractivity contribution is 5.94. The van der Waals surface area contributed by atoms with Gasteiger partial charge in [0.05, 0.1) is 5.56 Å². The third-order valence-corrected chi connectivity index (χ3v) is 3.76. The Morgan fingerprint density at radius 1 is 1.17 bits per heavy atom. The molecule has 1 heterocycles. The maximum atomic E-state index is 12.1. The molecular formula is C19H26N4O. The third-order valence-electron chi connectivity index (χ3n) is 3.76. The Balaban J connectivity index is 1.85.